The van der Waals surface area contributed by atoms with Crippen LogP contribution in [0.1, 0.15) is 25.2 Å². The van der Waals surface area contributed by atoms with E-state index in [0.29, 0.717) is 25.0 Å². The predicted octanol–water partition coefficient (Wildman–Crippen LogP) is 3.13. The molecule has 8 nitrogen and oxygen atoms in total. The Morgan fingerprint density at radius 3 is 2.46 bits per heavy atom. The third-order valence-electron chi connectivity index (χ3n) is 4.43. The van der Waals surface area contributed by atoms with E-state index in [1.165, 1.54) is 0 Å². The molecular formula is C20H21N7O. The quantitative estimate of drug-likeness (QED) is 0.533. The van der Waals surface area contributed by atoms with Crippen molar-refractivity contribution in [2.45, 2.75) is 26.8 Å². The molecule has 0 saturated carbocycles. The number of nitrogens with zero attached hydrogens (tertiary/aromatic N) is 6. The molecule has 4 aromatic rings. The molecule has 2 heterocycles. The molecule has 2 aromatic heterocycles. The molecule has 0 aliphatic carbocycles. The average molecular weight is 375 g/mol. The third-order valence-corrected chi connectivity index (χ3v) is 4.43. The van der Waals surface area contributed by atoms with E-state index in [0.717, 1.165) is 34.5 Å². The molecule has 0 fully saturated rings. The minimum absolute atomic E-state index is 0.435. The Balaban J connectivity index is 1.59. The summed E-state index contributed by atoms with van der Waals surface area (Å²) in [5.74, 6) is 1.49. The van der Waals surface area contributed by atoms with E-state index in [4.69, 9.17) is 4.74 Å². The van der Waals surface area contributed by atoms with Gasteiger partial charge in [-0.2, -0.15) is 10.2 Å². The second-order valence-corrected chi connectivity index (χ2v) is 6.23. The van der Waals surface area contributed by atoms with E-state index < -0.39 is 0 Å². The molecular weight excluding hydrogens is 354 g/mol. The minimum Gasteiger partial charge on any atom is -0.463 e. The van der Waals surface area contributed by atoms with Gasteiger partial charge in [0.1, 0.15) is 5.82 Å². The van der Waals surface area contributed by atoms with Crippen molar-refractivity contribution in [2.24, 2.45) is 0 Å². The number of benzene rings is 2. The molecule has 1 N–H and O–H groups in total. The highest BCUT2D eigenvalue weighted by Gasteiger charge is 2.12. The van der Waals surface area contributed by atoms with Gasteiger partial charge in [-0.15, -0.1) is 15.3 Å². The van der Waals surface area contributed by atoms with Crippen LogP contribution in [0.2, 0.25) is 0 Å². The molecule has 0 aliphatic heterocycles. The first-order valence-electron chi connectivity index (χ1n) is 9.27. The van der Waals surface area contributed by atoms with Gasteiger partial charge in [0, 0.05) is 12.0 Å². The van der Waals surface area contributed by atoms with Crippen LogP contribution in [0, 0.1) is 0 Å². The van der Waals surface area contributed by atoms with E-state index in [2.05, 4.69) is 68.0 Å². The maximum absolute atomic E-state index is 5.43. The fraction of sp³-hybridized carbons (Fsp3) is 0.250. The maximum atomic E-state index is 5.43. The van der Waals surface area contributed by atoms with Gasteiger partial charge in [-0.3, -0.25) is 0 Å². The van der Waals surface area contributed by atoms with Gasteiger partial charge in [-0.25, -0.2) is 4.68 Å². The molecule has 0 amide bonds. The zero-order valence-corrected chi connectivity index (χ0v) is 15.8. The molecule has 8 heteroatoms. The zero-order valence-electron chi connectivity index (χ0n) is 15.8. The van der Waals surface area contributed by atoms with Crippen molar-refractivity contribution in [2.75, 3.05) is 6.61 Å². The number of H-pyrrole nitrogens is 1. The van der Waals surface area contributed by atoms with E-state index in [9.17, 15) is 0 Å². The molecule has 0 bridgehead atoms. The summed E-state index contributed by atoms with van der Waals surface area (Å²) in [7, 11) is 0. The highest BCUT2D eigenvalue weighted by Crippen LogP contribution is 2.29. The summed E-state index contributed by atoms with van der Waals surface area (Å²) in [5, 5.41) is 18.8. The monoisotopic (exact) mass is 375 g/mol. The minimum atomic E-state index is 0.435. The second kappa shape index (κ2) is 7.99. The predicted molar refractivity (Wildman–Crippen MR) is 105 cm³/mol. The number of aryl methyl sites for hydroxylation is 1. The van der Waals surface area contributed by atoms with Crippen LogP contribution in [0.4, 0.5) is 0 Å². The van der Waals surface area contributed by atoms with Gasteiger partial charge < -0.3 is 4.74 Å². The summed E-state index contributed by atoms with van der Waals surface area (Å²) in [6, 6.07) is 16.9. The Morgan fingerprint density at radius 2 is 1.79 bits per heavy atom. The Bertz CT molecular complexity index is 1040. The van der Waals surface area contributed by atoms with E-state index in [1.807, 2.05) is 29.8 Å². The SMILES string of the molecule is CCOc1nc(CC)n(Cc2ccc(-c3ccccc3-c3nn[nH]n3)cc2)n1. The van der Waals surface area contributed by atoms with Crippen LogP contribution in [-0.2, 0) is 13.0 Å². The van der Waals surface area contributed by atoms with Crippen LogP contribution in [0.25, 0.3) is 22.5 Å². The Morgan fingerprint density at radius 1 is 1.00 bits per heavy atom. The first kappa shape index (κ1) is 17.8. The van der Waals surface area contributed by atoms with Gasteiger partial charge in [0.05, 0.1) is 13.2 Å². The normalized spacial score (nSPS) is 10.9. The Labute approximate surface area is 162 Å². The fourth-order valence-corrected chi connectivity index (χ4v) is 3.10. The van der Waals surface area contributed by atoms with Crippen molar-refractivity contribution in [1.82, 2.24) is 35.4 Å². The van der Waals surface area contributed by atoms with Crippen molar-refractivity contribution < 1.29 is 4.74 Å². The number of tetrazole rings is 1. The molecule has 2 aromatic carbocycles. The molecule has 0 unspecified atom stereocenters. The lowest BCUT2D eigenvalue weighted by Gasteiger charge is -2.09. The van der Waals surface area contributed by atoms with Crippen LogP contribution < -0.4 is 4.74 Å². The molecule has 0 radical (unpaired) electrons. The number of hydrogen-bond acceptors (Lipinski definition) is 6. The fourth-order valence-electron chi connectivity index (χ4n) is 3.10. The van der Waals surface area contributed by atoms with Crippen molar-refractivity contribution in [3.63, 3.8) is 0 Å². The van der Waals surface area contributed by atoms with Crippen LogP contribution >= 0.6 is 0 Å². The summed E-state index contributed by atoms with van der Waals surface area (Å²) in [6.07, 6.45) is 0.802. The summed E-state index contributed by atoms with van der Waals surface area (Å²) < 4.78 is 7.33. The first-order chi connectivity index (χ1) is 13.8. The first-order valence-corrected chi connectivity index (χ1v) is 9.27. The van der Waals surface area contributed by atoms with Gasteiger partial charge in [-0.1, -0.05) is 55.5 Å². The molecule has 4 rings (SSSR count). The summed E-state index contributed by atoms with van der Waals surface area (Å²) in [4.78, 5) is 4.43. The molecule has 0 saturated heterocycles. The molecule has 0 atom stereocenters. The van der Waals surface area contributed by atoms with Crippen LogP contribution in [0.15, 0.2) is 48.5 Å². The van der Waals surface area contributed by atoms with E-state index >= 15 is 0 Å². The number of hydrogen-bond donors (Lipinski definition) is 1. The van der Waals surface area contributed by atoms with Crippen LogP contribution in [-0.4, -0.2) is 42.0 Å². The van der Waals surface area contributed by atoms with Crippen LogP contribution in [0.5, 0.6) is 6.01 Å². The lowest BCUT2D eigenvalue weighted by Crippen LogP contribution is -2.06. The van der Waals surface area contributed by atoms with Gasteiger partial charge in [0.2, 0.25) is 5.82 Å². The number of nitrogens with one attached hydrogen (secondary N) is 1. The van der Waals surface area contributed by atoms with Crippen molar-refractivity contribution in [3.8, 4) is 28.5 Å². The van der Waals surface area contributed by atoms with E-state index in [1.54, 1.807) is 0 Å². The third kappa shape index (κ3) is 3.62. The maximum Gasteiger partial charge on any atom is 0.335 e. The number of ether oxygens (including phenoxy) is 1. The average Bonchev–Trinajstić information content (AvgIpc) is 3.39. The molecule has 28 heavy (non-hydrogen) atoms. The zero-order chi connectivity index (χ0) is 19.3. The molecule has 142 valence electrons. The smallest absolute Gasteiger partial charge is 0.335 e. The Hall–Kier alpha value is -3.55. The van der Waals surface area contributed by atoms with Crippen LogP contribution in [0.3, 0.4) is 0 Å². The van der Waals surface area contributed by atoms with Crippen molar-refractivity contribution >= 4 is 0 Å². The number of aromatic amines is 1. The highest BCUT2D eigenvalue weighted by atomic mass is 16.5. The second-order valence-electron chi connectivity index (χ2n) is 6.23. The van der Waals surface area contributed by atoms with E-state index in [-0.39, 0.29) is 0 Å². The largest absolute Gasteiger partial charge is 0.463 e. The van der Waals surface area contributed by atoms with Crippen molar-refractivity contribution in [3.05, 3.63) is 59.9 Å². The molecule has 0 spiro atoms. The number of rotatable bonds is 7. The van der Waals surface area contributed by atoms with Crippen molar-refractivity contribution in [1.29, 1.82) is 0 Å². The highest BCUT2D eigenvalue weighted by molar-refractivity contribution is 5.80. The van der Waals surface area contributed by atoms with Gasteiger partial charge in [-0.05, 0) is 28.8 Å². The summed E-state index contributed by atoms with van der Waals surface area (Å²) in [5.41, 5.74) is 4.23. The molecule has 0 aliphatic rings. The summed E-state index contributed by atoms with van der Waals surface area (Å²) in [6.45, 7) is 5.20. The topological polar surface area (TPSA) is 94.4 Å². The Kier molecular flexibility index (Phi) is 5.09. The van der Waals surface area contributed by atoms with Gasteiger partial charge in [0.15, 0.2) is 0 Å². The standard InChI is InChI=1S/C20H21N7O/c1-3-18-21-20(28-4-2)24-27(18)13-14-9-11-15(12-10-14)16-7-5-6-8-17(16)19-22-25-26-23-19/h5-12H,3-4,13H2,1-2H3,(H,22,23,25,26). The van der Waals surface area contributed by atoms with Gasteiger partial charge in [0.25, 0.3) is 0 Å². The van der Waals surface area contributed by atoms with Gasteiger partial charge >= 0.3 is 6.01 Å². The summed E-state index contributed by atoms with van der Waals surface area (Å²) >= 11 is 0. The lowest BCUT2D eigenvalue weighted by atomic mass is 9.98. The number of aromatic nitrogens is 7. The lowest BCUT2D eigenvalue weighted by molar-refractivity contribution is 0.311.